The monoisotopic (exact) mass is 387 g/mol. The summed E-state index contributed by atoms with van der Waals surface area (Å²) in [7, 11) is 1.23. The Hall–Kier alpha value is -1.90. The van der Waals surface area contributed by atoms with E-state index in [-0.39, 0.29) is 36.5 Å². The molecule has 0 bridgehead atoms. The van der Waals surface area contributed by atoms with Crippen LogP contribution in [0.25, 0.3) is 0 Å². The van der Waals surface area contributed by atoms with Crippen molar-refractivity contribution in [2.75, 3.05) is 26.8 Å². The van der Waals surface area contributed by atoms with Crippen LogP contribution in [-0.2, 0) is 16.1 Å². The molecule has 26 heavy (non-hydrogen) atoms. The molecule has 2 unspecified atom stereocenters. The number of rotatable bonds is 7. The highest BCUT2D eigenvalue weighted by Gasteiger charge is 2.28. The van der Waals surface area contributed by atoms with Gasteiger partial charge >= 0.3 is 11.7 Å². The average Bonchev–Trinajstić information content (AvgIpc) is 2.60. The first-order valence-corrected chi connectivity index (χ1v) is 8.37. The molecule has 1 aliphatic rings. The number of nitrogens with two attached hydrogens (primary N) is 1. The van der Waals surface area contributed by atoms with Gasteiger partial charge in [-0.3, -0.25) is 15.0 Å². The van der Waals surface area contributed by atoms with E-state index in [9.17, 15) is 14.9 Å². The van der Waals surface area contributed by atoms with E-state index in [0.717, 1.165) is 24.9 Å². The normalized spacial score (nSPS) is 20.1. The molecule has 0 amide bonds. The van der Waals surface area contributed by atoms with E-state index in [1.165, 1.54) is 19.2 Å². The number of ether oxygens (including phenoxy) is 2. The number of carbonyl (C=O) groups is 1. The summed E-state index contributed by atoms with van der Waals surface area (Å²) in [5.74, 6) is -0.0237. The lowest BCUT2D eigenvalue weighted by Gasteiger charge is -2.39. The molecule has 0 radical (unpaired) electrons. The molecule has 1 aliphatic heterocycles. The standard InChI is InChI=1S/C17H25N3O5.ClH/c1-12-4-3-7-19(15(12)9-18)10-13-5-6-16(14(8-13)20(22)23)25-11-17(21)24-2;/h5-6,8,12,15H,3-4,7,9-11,18H2,1-2H3;1H. The molecule has 0 saturated carbocycles. The van der Waals surface area contributed by atoms with Crippen LogP contribution in [0.15, 0.2) is 18.2 Å². The van der Waals surface area contributed by atoms with Crippen molar-refractivity contribution >= 4 is 24.1 Å². The fourth-order valence-corrected chi connectivity index (χ4v) is 3.27. The van der Waals surface area contributed by atoms with Gasteiger partial charge in [-0.1, -0.05) is 13.0 Å². The van der Waals surface area contributed by atoms with Gasteiger partial charge in [-0.25, -0.2) is 4.79 Å². The lowest BCUT2D eigenvalue weighted by Crippen LogP contribution is -2.47. The van der Waals surface area contributed by atoms with Crippen molar-refractivity contribution in [3.05, 3.63) is 33.9 Å². The largest absolute Gasteiger partial charge is 0.475 e. The van der Waals surface area contributed by atoms with Crippen LogP contribution < -0.4 is 10.5 Å². The van der Waals surface area contributed by atoms with Gasteiger partial charge in [0.05, 0.1) is 12.0 Å². The van der Waals surface area contributed by atoms with Crippen LogP contribution in [0.5, 0.6) is 5.75 Å². The molecule has 1 fully saturated rings. The number of piperidine rings is 1. The van der Waals surface area contributed by atoms with Crippen LogP contribution in [0.2, 0.25) is 0 Å². The maximum absolute atomic E-state index is 11.3. The average molecular weight is 388 g/mol. The second-order valence-corrected chi connectivity index (χ2v) is 6.32. The van der Waals surface area contributed by atoms with Gasteiger partial charge in [-0.15, -0.1) is 12.4 Å². The molecule has 8 nitrogen and oxygen atoms in total. The Kier molecular flexibility index (Phi) is 8.77. The van der Waals surface area contributed by atoms with Crippen LogP contribution in [-0.4, -0.2) is 48.6 Å². The molecular weight excluding hydrogens is 362 g/mol. The minimum atomic E-state index is -0.591. The van der Waals surface area contributed by atoms with Crippen molar-refractivity contribution in [3.8, 4) is 5.75 Å². The van der Waals surface area contributed by atoms with Crippen molar-refractivity contribution < 1.29 is 19.2 Å². The zero-order valence-electron chi connectivity index (χ0n) is 15.1. The lowest BCUT2D eigenvalue weighted by molar-refractivity contribution is -0.385. The Morgan fingerprint density at radius 3 is 2.81 bits per heavy atom. The van der Waals surface area contributed by atoms with Gasteiger partial charge in [0.1, 0.15) is 0 Å². The van der Waals surface area contributed by atoms with Gasteiger partial charge in [0.25, 0.3) is 0 Å². The zero-order chi connectivity index (χ0) is 18.4. The van der Waals surface area contributed by atoms with E-state index in [0.29, 0.717) is 19.0 Å². The van der Waals surface area contributed by atoms with E-state index in [1.807, 2.05) is 0 Å². The lowest BCUT2D eigenvalue weighted by atomic mass is 9.90. The first-order chi connectivity index (χ1) is 12.0. The maximum Gasteiger partial charge on any atom is 0.343 e. The van der Waals surface area contributed by atoms with Crippen LogP contribution in [0.4, 0.5) is 5.69 Å². The predicted molar refractivity (Wildman–Crippen MR) is 99.5 cm³/mol. The molecule has 146 valence electrons. The number of methoxy groups -OCH3 is 1. The second-order valence-electron chi connectivity index (χ2n) is 6.32. The molecule has 0 spiro atoms. The summed E-state index contributed by atoms with van der Waals surface area (Å²) in [6.45, 7) is 3.93. The fraction of sp³-hybridized carbons (Fsp3) is 0.588. The summed E-state index contributed by atoms with van der Waals surface area (Å²) >= 11 is 0. The summed E-state index contributed by atoms with van der Waals surface area (Å²) in [4.78, 5) is 24.3. The van der Waals surface area contributed by atoms with E-state index >= 15 is 0 Å². The van der Waals surface area contributed by atoms with Crippen molar-refractivity contribution in [2.24, 2.45) is 11.7 Å². The highest BCUT2D eigenvalue weighted by atomic mass is 35.5. The van der Waals surface area contributed by atoms with Crippen molar-refractivity contribution in [1.29, 1.82) is 0 Å². The Labute approximate surface area is 159 Å². The Balaban J connectivity index is 0.00000338. The number of likely N-dealkylation sites (tertiary alicyclic amines) is 1. The maximum atomic E-state index is 11.3. The van der Waals surface area contributed by atoms with Crippen LogP contribution in [0.1, 0.15) is 25.3 Å². The van der Waals surface area contributed by atoms with Gasteiger partial charge in [-0.05, 0) is 36.9 Å². The minimum absolute atomic E-state index is 0. The summed E-state index contributed by atoms with van der Waals surface area (Å²) in [5.41, 5.74) is 6.57. The number of nitro groups is 1. The number of hydrogen-bond acceptors (Lipinski definition) is 7. The number of benzene rings is 1. The van der Waals surface area contributed by atoms with Crippen LogP contribution in [0, 0.1) is 16.0 Å². The quantitative estimate of drug-likeness (QED) is 0.433. The number of esters is 1. The first-order valence-electron chi connectivity index (χ1n) is 8.37. The third-order valence-electron chi connectivity index (χ3n) is 4.65. The molecule has 2 N–H and O–H groups in total. The predicted octanol–water partition coefficient (Wildman–Crippen LogP) is 2.13. The molecule has 2 atom stereocenters. The highest BCUT2D eigenvalue weighted by Crippen LogP contribution is 2.30. The molecule has 1 aromatic rings. The topological polar surface area (TPSA) is 108 Å². The SMILES string of the molecule is COC(=O)COc1ccc(CN2CCCC(C)C2CN)cc1[N+](=O)[O-].Cl. The Morgan fingerprint density at radius 2 is 2.19 bits per heavy atom. The van der Waals surface area contributed by atoms with Crippen LogP contribution >= 0.6 is 12.4 Å². The number of nitro benzene ring substituents is 1. The van der Waals surface area contributed by atoms with Crippen LogP contribution in [0.3, 0.4) is 0 Å². The van der Waals surface area contributed by atoms with Crippen molar-refractivity contribution in [3.63, 3.8) is 0 Å². The molecule has 0 aliphatic carbocycles. The molecule has 0 aromatic heterocycles. The summed E-state index contributed by atoms with van der Waals surface area (Å²) < 4.78 is 9.68. The smallest absolute Gasteiger partial charge is 0.343 e. The molecule has 9 heteroatoms. The minimum Gasteiger partial charge on any atom is -0.475 e. The van der Waals surface area contributed by atoms with Gasteiger partial charge in [0.2, 0.25) is 0 Å². The van der Waals surface area contributed by atoms with Gasteiger partial charge < -0.3 is 15.2 Å². The van der Waals surface area contributed by atoms with E-state index in [1.54, 1.807) is 6.07 Å². The summed E-state index contributed by atoms with van der Waals surface area (Å²) in [6.07, 6.45) is 2.25. The second kappa shape index (κ2) is 10.3. The summed E-state index contributed by atoms with van der Waals surface area (Å²) in [5, 5.41) is 11.3. The van der Waals surface area contributed by atoms with Gasteiger partial charge in [-0.2, -0.15) is 0 Å². The molecular formula is C17H26ClN3O5. The number of hydrogen-bond donors (Lipinski definition) is 1. The van der Waals surface area contributed by atoms with Gasteiger partial charge in [0, 0.05) is 25.2 Å². The first kappa shape index (κ1) is 22.1. The zero-order valence-corrected chi connectivity index (χ0v) is 15.9. The molecule has 2 rings (SSSR count). The molecule has 1 saturated heterocycles. The number of carbonyl (C=O) groups excluding carboxylic acids is 1. The summed E-state index contributed by atoms with van der Waals surface area (Å²) in [6, 6.07) is 5.09. The number of halogens is 1. The van der Waals surface area contributed by atoms with Gasteiger partial charge in [0.15, 0.2) is 12.4 Å². The molecule has 1 aromatic carbocycles. The number of nitrogens with zero attached hydrogens (tertiary/aromatic N) is 2. The fourth-order valence-electron chi connectivity index (χ4n) is 3.27. The third kappa shape index (κ3) is 5.55. The van der Waals surface area contributed by atoms with Crippen molar-refractivity contribution in [2.45, 2.75) is 32.4 Å². The van der Waals surface area contributed by atoms with E-state index in [2.05, 4.69) is 16.6 Å². The van der Waals surface area contributed by atoms with Crippen molar-refractivity contribution in [1.82, 2.24) is 4.90 Å². The highest BCUT2D eigenvalue weighted by molar-refractivity contribution is 5.85. The third-order valence-corrected chi connectivity index (χ3v) is 4.65. The van der Waals surface area contributed by atoms with E-state index in [4.69, 9.17) is 10.5 Å². The molecule has 1 heterocycles. The Bertz CT molecular complexity index is 628. The Morgan fingerprint density at radius 1 is 1.46 bits per heavy atom. The van der Waals surface area contributed by atoms with E-state index < -0.39 is 10.9 Å².